The van der Waals surface area contributed by atoms with Crippen molar-refractivity contribution < 1.29 is 4.21 Å². The molecule has 2 heterocycles. The van der Waals surface area contributed by atoms with Crippen LogP contribution in [-0.4, -0.2) is 20.4 Å². The number of benzene rings is 2. The number of aryl methyl sites for hydroxylation is 1. The van der Waals surface area contributed by atoms with E-state index in [0.29, 0.717) is 11.3 Å². The number of fused-ring (bicyclic) bond motifs is 2. The Labute approximate surface area is 199 Å². The average molecular weight is 474 g/mol. The number of nitrogens with one attached hydrogen (secondary N) is 2. The molecule has 164 valence electrons. The molecule has 0 fully saturated rings. The highest BCUT2D eigenvalue weighted by atomic mass is 35.5. The molecule has 1 aliphatic carbocycles. The molecule has 2 aromatic heterocycles. The second kappa shape index (κ2) is 8.81. The molecule has 0 radical (unpaired) electrons. The van der Waals surface area contributed by atoms with E-state index in [2.05, 4.69) is 50.3 Å². The van der Waals surface area contributed by atoms with E-state index in [1.165, 1.54) is 17.4 Å². The fourth-order valence-electron chi connectivity index (χ4n) is 4.33. The number of nitrogens with zero attached hydrogens (tertiary/aromatic N) is 3. The monoisotopic (exact) mass is 473 g/mol. The molecule has 2 aromatic carbocycles. The maximum Gasteiger partial charge on any atom is 0.153 e. The van der Waals surface area contributed by atoms with Crippen molar-refractivity contribution in [3.8, 4) is 17.2 Å². The molecule has 1 aliphatic rings. The van der Waals surface area contributed by atoms with Crippen molar-refractivity contribution in [3.05, 3.63) is 82.8 Å². The van der Waals surface area contributed by atoms with Crippen LogP contribution in [0.25, 0.3) is 22.0 Å². The Bertz CT molecular complexity index is 1450. The molecule has 0 saturated heterocycles. The van der Waals surface area contributed by atoms with Crippen molar-refractivity contribution in [2.75, 3.05) is 16.3 Å². The van der Waals surface area contributed by atoms with Gasteiger partial charge in [-0.2, -0.15) is 5.26 Å². The van der Waals surface area contributed by atoms with Gasteiger partial charge in [0.15, 0.2) is 5.15 Å². The normalized spacial score (nSPS) is 15.6. The second-order valence-electron chi connectivity index (χ2n) is 7.94. The summed E-state index contributed by atoms with van der Waals surface area (Å²) in [5.74, 6) is 0. The predicted molar refractivity (Wildman–Crippen MR) is 134 cm³/mol. The van der Waals surface area contributed by atoms with Gasteiger partial charge in [0.2, 0.25) is 0 Å². The van der Waals surface area contributed by atoms with Gasteiger partial charge in [0.25, 0.3) is 0 Å². The molecule has 4 aromatic rings. The van der Waals surface area contributed by atoms with Crippen LogP contribution in [0.2, 0.25) is 5.15 Å². The lowest BCUT2D eigenvalue weighted by Gasteiger charge is -2.19. The lowest BCUT2D eigenvalue weighted by atomic mass is 10.0. The Morgan fingerprint density at radius 2 is 1.97 bits per heavy atom. The highest BCUT2D eigenvalue weighted by molar-refractivity contribution is 7.85. The molecule has 0 spiro atoms. The zero-order chi connectivity index (χ0) is 22.9. The Morgan fingerprint density at radius 1 is 1.12 bits per heavy atom. The first-order valence-corrected chi connectivity index (χ1v) is 12.4. The molecule has 2 unspecified atom stereocenters. The lowest BCUT2D eigenvalue weighted by Crippen LogP contribution is -2.09. The SMILES string of the molecule is CS(=O)Nc1cc(-c2ccc3ncc(C#N)c(NC4CCc5ccccc54)c3c2)cnc1Cl. The Kier molecular flexibility index (Phi) is 5.71. The summed E-state index contributed by atoms with van der Waals surface area (Å²) in [6.07, 6.45) is 6.81. The van der Waals surface area contributed by atoms with E-state index >= 15 is 0 Å². The molecule has 2 atom stereocenters. The largest absolute Gasteiger partial charge is 0.377 e. The number of hydrogen-bond acceptors (Lipinski definition) is 5. The molecular formula is C25H20ClN5OS. The fourth-order valence-corrected chi connectivity index (χ4v) is 5.00. The Morgan fingerprint density at radius 3 is 2.79 bits per heavy atom. The summed E-state index contributed by atoms with van der Waals surface area (Å²) in [7, 11) is -1.27. The lowest BCUT2D eigenvalue weighted by molar-refractivity contribution is 0.690. The first-order chi connectivity index (χ1) is 16.0. The van der Waals surface area contributed by atoms with Gasteiger partial charge in [-0.15, -0.1) is 0 Å². The van der Waals surface area contributed by atoms with Gasteiger partial charge < -0.3 is 10.0 Å². The van der Waals surface area contributed by atoms with Gasteiger partial charge >= 0.3 is 0 Å². The molecule has 33 heavy (non-hydrogen) atoms. The van der Waals surface area contributed by atoms with E-state index in [-0.39, 0.29) is 11.2 Å². The Hall–Kier alpha value is -3.47. The fraction of sp³-hybridized carbons (Fsp3) is 0.160. The summed E-state index contributed by atoms with van der Waals surface area (Å²) in [5.41, 5.74) is 6.89. The van der Waals surface area contributed by atoms with Crippen LogP contribution in [-0.2, 0) is 17.4 Å². The van der Waals surface area contributed by atoms with E-state index in [9.17, 15) is 9.47 Å². The zero-order valence-corrected chi connectivity index (χ0v) is 19.4. The predicted octanol–water partition coefficient (Wildman–Crippen LogP) is 5.63. The first-order valence-electron chi connectivity index (χ1n) is 10.5. The molecular weight excluding hydrogens is 454 g/mol. The molecule has 5 rings (SSSR count). The molecule has 0 saturated carbocycles. The number of aromatic nitrogens is 2. The molecule has 0 amide bonds. The minimum absolute atomic E-state index is 0.134. The molecule has 8 heteroatoms. The van der Waals surface area contributed by atoms with Crippen LogP contribution in [0.1, 0.15) is 29.2 Å². The number of rotatable bonds is 5. The van der Waals surface area contributed by atoms with Crippen LogP contribution in [0.15, 0.2) is 60.9 Å². The van der Waals surface area contributed by atoms with Crippen LogP contribution in [0.3, 0.4) is 0 Å². The number of hydrogen-bond donors (Lipinski definition) is 2. The topological polar surface area (TPSA) is 90.7 Å². The Balaban J connectivity index is 1.60. The number of halogens is 1. The van der Waals surface area contributed by atoms with E-state index in [1.807, 2.05) is 24.3 Å². The van der Waals surface area contributed by atoms with E-state index in [0.717, 1.165) is 40.6 Å². The van der Waals surface area contributed by atoms with Gasteiger partial charge in [0.1, 0.15) is 17.1 Å². The van der Waals surface area contributed by atoms with E-state index in [4.69, 9.17) is 11.6 Å². The first kappa shape index (κ1) is 21.4. The van der Waals surface area contributed by atoms with Gasteiger partial charge in [-0.25, -0.2) is 9.19 Å². The van der Waals surface area contributed by atoms with Gasteiger partial charge in [0, 0.05) is 29.6 Å². The summed E-state index contributed by atoms with van der Waals surface area (Å²) >= 11 is 6.16. The van der Waals surface area contributed by atoms with Crippen LogP contribution < -0.4 is 10.0 Å². The maximum absolute atomic E-state index is 11.6. The van der Waals surface area contributed by atoms with Gasteiger partial charge in [-0.3, -0.25) is 4.98 Å². The quantitative estimate of drug-likeness (QED) is 0.367. The van der Waals surface area contributed by atoms with Crippen molar-refractivity contribution in [1.82, 2.24) is 9.97 Å². The number of anilines is 2. The third-order valence-corrected chi connectivity index (χ3v) is 6.67. The van der Waals surface area contributed by atoms with E-state index < -0.39 is 11.0 Å². The van der Waals surface area contributed by atoms with Crippen molar-refractivity contribution in [3.63, 3.8) is 0 Å². The van der Waals surface area contributed by atoms with Crippen LogP contribution in [0.4, 0.5) is 11.4 Å². The highest BCUT2D eigenvalue weighted by Crippen LogP contribution is 2.38. The second-order valence-corrected chi connectivity index (χ2v) is 9.41. The highest BCUT2D eigenvalue weighted by Gasteiger charge is 2.23. The smallest absolute Gasteiger partial charge is 0.153 e. The summed E-state index contributed by atoms with van der Waals surface area (Å²) in [6.45, 7) is 0. The summed E-state index contributed by atoms with van der Waals surface area (Å²) in [4.78, 5) is 8.72. The van der Waals surface area contributed by atoms with Crippen molar-refractivity contribution >= 4 is 44.9 Å². The minimum Gasteiger partial charge on any atom is -0.377 e. The molecule has 6 nitrogen and oxygen atoms in total. The van der Waals surface area contributed by atoms with Crippen LogP contribution in [0.5, 0.6) is 0 Å². The zero-order valence-electron chi connectivity index (χ0n) is 17.8. The van der Waals surface area contributed by atoms with Crippen LogP contribution >= 0.6 is 11.6 Å². The average Bonchev–Trinajstić information content (AvgIpc) is 3.23. The number of pyridine rings is 2. The van der Waals surface area contributed by atoms with Crippen molar-refractivity contribution in [2.45, 2.75) is 18.9 Å². The maximum atomic E-state index is 11.6. The standard InChI is InChI=1S/C25H20ClN5OS/c1-33(32)31-23-11-17(13-29-25(23)26)16-7-8-21-20(10-16)24(18(12-27)14-28-21)30-22-9-6-15-4-2-3-5-19(15)22/h2-5,7-8,10-11,13-14,22,31H,6,9H2,1H3,(H,28,30). The van der Waals surface area contributed by atoms with Crippen LogP contribution in [0, 0.1) is 11.3 Å². The molecule has 0 bridgehead atoms. The van der Waals surface area contributed by atoms with Gasteiger partial charge in [0.05, 0.1) is 28.5 Å². The van der Waals surface area contributed by atoms with Gasteiger partial charge in [-0.1, -0.05) is 41.9 Å². The third kappa shape index (κ3) is 4.15. The molecule has 2 N–H and O–H groups in total. The van der Waals surface area contributed by atoms with Crippen molar-refractivity contribution in [2.24, 2.45) is 0 Å². The molecule has 0 aliphatic heterocycles. The summed E-state index contributed by atoms with van der Waals surface area (Å²) < 4.78 is 14.4. The number of nitriles is 1. The summed E-state index contributed by atoms with van der Waals surface area (Å²) in [5, 5.41) is 14.5. The van der Waals surface area contributed by atoms with Crippen molar-refractivity contribution in [1.29, 1.82) is 5.26 Å². The van der Waals surface area contributed by atoms with Gasteiger partial charge in [-0.05, 0) is 47.7 Å². The minimum atomic E-state index is -1.27. The third-order valence-electron chi connectivity index (χ3n) is 5.87. The summed E-state index contributed by atoms with van der Waals surface area (Å²) in [6, 6.07) is 18.5. The van der Waals surface area contributed by atoms with E-state index in [1.54, 1.807) is 12.4 Å².